The number of hydrogen-bond donors (Lipinski definition) is 0. The minimum absolute atomic E-state index is 0.0687. The number of anilines is 1. The number of nitriles is 1. The number of hydrogen-bond acceptors (Lipinski definition) is 5. The number of aryl methyl sites for hydroxylation is 2. The molecule has 0 aliphatic carbocycles. The Balaban J connectivity index is 2.96. The zero-order chi connectivity index (χ0) is 20.4. The van der Waals surface area contributed by atoms with E-state index in [9.17, 15) is 9.59 Å². The molecule has 0 radical (unpaired) electrons. The van der Waals surface area contributed by atoms with Gasteiger partial charge in [-0.25, -0.2) is 0 Å². The lowest BCUT2D eigenvalue weighted by atomic mass is 10.1. The summed E-state index contributed by atoms with van der Waals surface area (Å²) in [7, 11) is 1.37. The average Bonchev–Trinajstić information content (AvgIpc) is 2.58. The largest absolute Gasteiger partial charge is 0.469 e. The van der Waals surface area contributed by atoms with Gasteiger partial charge < -0.3 is 9.64 Å². The summed E-state index contributed by atoms with van der Waals surface area (Å²) < 4.78 is 4.71. The van der Waals surface area contributed by atoms with Crippen molar-refractivity contribution in [1.82, 2.24) is 4.90 Å². The summed E-state index contributed by atoms with van der Waals surface area (Å²) in [5, 5.41) is 8.98. The van der Waals surface area contributed by atoms with Crippen LogP contribution in [0, 0.1) is 31.1 Å². The Kier molecular flexibility index (Phi) is 9.52. The molecule has 0 saturated heterocycles. The Bertz CT molecular complexity index is 659. The minimum atomic E-state index is -0.285. The van der Waals surface area contributed by atoms with Crippen molar-refractivity contribution in [2.24, 2.45) is 5.92 Å². The van der Waals surface area contributed by atoms with E-state index in [1.807, 2.05) is 30.9 Å². The Hall–Kier alpha value is -2.39. The predicted molar refractivity (Wildman–Crippen MR) is 106 cm³/mol. The van der Waals surface area contributed by atoms with Gasteiger partial charge in [0, 0.05) is 25.3 Å². The van der Waals surface area contributed by atoms with E-state index < -0.39 is 0 Å². The van der Waals surface area contributed by atoms with Crippen molar-refractivity contribution in [2.75, 3.05) is 38.2 Å². The van der Waals surface area contributed by atoms with Crippen molar-refractivity contribution in [3.8, 4) is 6.07 Å². The molecule has 0 spiro atoms. The van der Waals surface area contributed by atoms with Gasteiger partial charge in [0.2, 0.25) is 5.91 Å². The van der Waals surface area contributed by atoms with Gasteiger partial charge in [0.1, 0.15) is 0 Å². The molecule has 0 aromatic heterocycles. The fourth-order valence-electron chi connectivity index (χ4n) is 3.05. The molecule has 0 aliphatic rings. The van der Waals surface area contributed by atoms with E-state index in [1.54, 1.807) is 4.90 Å². The zero-order valence-corrected chi connectivity index (χ0v) is 17.1. The highest BCUT2D eigenvalue weighted by Crippen LogP contribution is 2.20. The highest BCUT2D eigenvalue weighted by molar-refractivity contribution is 5.95. The van der Waals surface area contributed by atoms with Crippen molar-refractivity contribution >= 4 is 17.6 Å². The molecule has 1 aromatic rings. The maximum Gasteiger partial charge on any atom is 0.306 e. The summed E-state index contributed by atoms with van der Waals surface area (Å²) in [5.41, 5.74) is 2.96. The highest BCUT2D eigenvalue weighted by Gasteiger charge is 2.20. The van der Waals surface area contributed by atoms with E-state index in [0.717, 1.165) is 16.8 Å². The van der Waals surface area contributed by atoms with E-state index in [0.29, 0.717) is 25.6 Å². The van der Waals surface area contributed by atoms with Crippen molar-refractivity contribution in [3.05, 3.63) is 29.3 Å². The maximum absolute atomic E-state index is 13.0. The lowest BCUT2D eigenvalue weighted by Gasteiger charge is -2.28. The predicted octanol–water partition coefficient (Wildman–Crippen LogP) is 3.07. The second-order valence-corrected chi connectivity index (χ2v) is 7.25. The summed E-state index contributed by atoms with van der Waals surface area (Å²) in [6, 6.07) is 8.09. The molecule has 6 heteroatoms. The van der Waals surface area contributed by atoms with Gasteiger partial charge in [0.15, 0.2) is 0 Å². The first-order chi connectivity index (χ1) is 12.8. The lowest BCUT2D eigenvalue weighted by Crippen LogP contribution is -2.43. The molecule has 0 N–H and O–H groups in total. The van der Waals surface area contributed by atoms with Crippen LogP contribution in [0.5, 0.6) is 0 Å². The van der Waals surface area contributed by atoms with Crippen molar-refractivity contribution in [1.29, 1.82) is 5.26 Å². The minimum Gasteiger partial charge on any atom is -0.469 e. The Labute approximate surface area is 162 Å². The van der Waals surface area contributed by atoms with E-state index in [4.69, 9.17) is 10.00 Å². The number of benzene rings is 1. The lowest BCUT2D eigenvalue weighted by molar-refractivity contribution is -0.141. The summed E-state index contributed by atoms with van der Waals surface area (Å²) in [6.07, 6.45) is 0.517. The maximum atomic E-state index is 13.0. The first-order valence-electron chi connectivity index (χ1n) is 9.31. The Morgan fingerprint density at radius 1 is 1.15 bits per heavy atom. The number of amides is 1. The van der Waals surface area contributed by atoms with Gasteiger partial charge in [-0.1, -0.05) is 19.9 Å². The van der Waals surface area contributed by atoms with E-state index in [-0.39, 0.29) is 31.3 Å². The second-order valence-electron chi connectivity index (χ2n) is 7.25. The van der Waals surface area contributed by atoms with Crippen LogP contribution in [0.3, 0.4) is 0 Å². The summed E-state index contributed by atoms with van der Waals surface area (Å²) in [6.45, 7) is 9.87. The molecule has 0 atom stereocenters. The second kappa shape index (κ2) is 11.3. The molecule has 1 rings (SSSR count). The van der Waals surface area contributed by atoms with Gasteiger partial charge in [-0.3, -0.25) is 14.5 Å². The third kappa shape index (κ3) is 8.23. The van der Waals surface area contributed by atoms with Gasteiger partial charge in [-0.2, -0.15) is 5.26 Å². The number of rotatable bonds is 10. The van der Waals surface area contributed by atoms with Gasteiger partial charge in [0.05, 0.1) is 32.6 Å². The molecule has 6 nitrogen and oxygen atoms in total. The first-order valence-corrected chi connectivity index (χ1v) is 9.31. The topological polar surface area (TPSA) is 73.6 Å². The normalized spacial score (nSPS) is 10.7. The Morgan fingerprint density at radius 3 is 2.30 bits per heavy atom. The van der Waals surface area contributed by atoms with Crippen LogP contribution in [0.25, 0.3) is 0 Å². The molecule has 0 heterocycles. The highest BCUT2D eigenvalue weighted by atomic mass is 16.5. The molecule has 0 saturated carbocycles. The number of carbonyl (C=O) groups excluding carboxylic acids is 2. The third-order valence-corrected chi connectivity index (χ3v) is 4.11. The number of nitrogens with zero attached hydrogens (tertiary/aromatic N) is 3. The van der Waals surface area contributed by atoms with Crippen LogP contribution >= 0.6 is 0 Å². The molecule has 0 bridgehead atoms. The molecule has 0 fully saturated rings. The van der Waals surface area contributed by atoms with Gasteiger partial charge in [0.25, 0.3) is 0 Å². The van der Waals surface area contributed by atoms with Crippen LogP contribution in [0.1, 0.15) is 37.8 Å². The van der Waals surface area contributed by atoms with Crippen molar-refractivity contribution in [3.63, 3.8) is 0 Å². The fourth-order valence-corrected chi connectivity index (χ4v) is 3.05. The van der Waals surface area contributed by atoms with E-state index in [1.165, 1.54) is 7.11 Å². The van der Waals surface area contributed by atoms with Crippen LogP contribution in [0.4, 0.5) is 5.69 Å². The summed E-state index contributed by atoms with van der Waals surface area (Å²) in [4.78, 5) is 28.2. The molecule has 27 heavy (non-hydrogen) atoms. The summed E-state index contributed by atoms with van der Waals surface area (Å²) >= 11 is 0. The monoisotopic (exact) mass is 373 g/mol. The van der Waals surface area contributed by atoms with Gasteiger partial charge in [-0.05, 0) is 43.0 Å². The third-order valence-electron chi connectivity index (χ3n) is 4.11. The van der Waals surface area contributed by atoms with Crippen LogP contribution in [-0.4, -0.2) is 50.1 Å². The van der Waals surface area contributed by atoms with Crippen LogP contribution < -0.4 is 4.90 Å². The molecule has 1 aromatic carbocycles. The molecule has 1 amide bonds. The Morgan fingerprint density at radius 2 is 1.78 bits per heavy atom. The van der Waals surface area contributed by atoms with Gasteiger partial charge in [-0.15, -0.1) is 0 Å². The van der Waals surface area contributed by atoms with Crippen LogP contribution in [0.15, 0.2) is 18.2 Å². The molecular weight excluding hydrogens is 342 g/mol. The van der Waals surface area contributed by atoms with Crippen LogP contribution in [0.2, 0.25) is 0 Å². The first kappa shape index (κ1) is 22.7. The van der Waals surface area contributed by atoms with Crippen LogP contribution in [-0.2, 0) is 14.3 Å². The average molecular weight is 373 g/mol. The molecule has 148 valence electrons. The molecule has 0 aliphatic heterocycles. The fraction of sp³-hybridized carbons (Fsp3) is 0.571. The zero-order valence-electron chi connectivity index (χ0n) is 17.1. The van der Waals surface area contributed by atoms with E-state index >= 15 is 0 Å². The van der Waals surface area contributed by atoms with Crippen molar-refractivity contribution < 1.29 is 14.3 Å². The van der Waals surface area contributed by atoms with E-state index in [2.05, 4.69) is 26.0 Å². The number of carbonyl (C=O) groups is 2. The molecule has 0 unspecified atom stereocenters. The summed E-state index contributed by atoms with van der Waals surface area (Å²) in [5.74, 6) is 0.0110. The SMILES string of the molecule is COC(=O)CCN(CC(=O)N(CCC#N)c1cc(C)cc(C)c1)CC(C)C. The molecular formula is C21H31N3O3. The van der Waals surface area contributed by atoms with Crippen molar-refractivity contribution in [2.45, 2.75) is 40.5 Å². The quantitative estimate of drug-likeness (QED) is 0.589. The van der Waals surface area contributed by atoms with Gasteiger partial charge >= 0.3 is 5.97 Å². The number of esters is 1. The standard InChI is InChI=1S/C21H31N3O3/c1-16(2)14-23(10-7-21(26)27-5)15-20(25)24(9-6-8-22)19-12-17(3)11-18(4)13-19/h11-13,16H,6-7,9-10,14-15H2,1-5H3. The number of ether oxygens (including phenoxy) is 1. The smallest absolute Gasteiger partial charge is 0.306 e. The number of methoxy groups -OCH3 is 1.